The molecule has 0 aliphatic carbocycles. The number of aliphatic imine (C=N–C) groups is 3. The number of hydrogen-bond donors (Lipinski definition) is 3. The van der Waals surface area contributed by atoms with Crippen molar-refractivity contribution in [3.8, 4) is 0 Å². The van der Waals surface area contributed by atoms with Crippen LogP contribution in [0.5, 0.6) is 0 Å². The van der Waals surface area contributed by atoms with Gasteiger partial charge >= 0.3 is 0 Å². The minimum absolute atomic E-state index is 0.0198. The quantitative estimate of drug-likeness (QED) is 0.299. The molecule has 2 aromatic rings. The van der Waals surface area contributed by atoms with Gasteiger partial charge in [0, 0.05) is 57.6 Å². The number of ether oxygens (including phenoxy) is 1. The first-order chi connectivity index (χ1) is 19.0. The van der Waals surface area contributed by atoms with Gasteiger partial charge in [0.05, 0.1) is 12.8 Å². The molecule has 1 aliphatic heterocycles. The largest absolute Gasteiger partial charge is 0.383 e. The number of hydrogen-bond acceptors (Lipinski definition) is 9. The van der Waals surface area contributed by atoms with Gasteiger partial charge in [-0.2, -0.15) is 0 Å². The molecule has 1 aliphatic rings. The smallest absolute Gasteiger partial charge is 0.167 e. The lowest BCUT2D eigenvalue weighted by atomic mass is 9.98. The summed E-state index contributed by atoms with van der Waals surface area (Å²) in [4.78, 5) is 18.6. The van der Waals surface area contributed by atoms with Crippen molar-refractivity contribution in [2.45, 2.75) is 25.4 Å². The van der Waals surface area contributed by atoms with E-state index < -0.39 is 11.6 Å². The number of likely N-dealkylation sites (N-methyl/N-ethyl adjacent to an activating group) is 1. The summed E-state index contributed by atoms with van der Waals surface area (Å²) < 4.78 is 35.3. The van der Waals surface area contributed by atoms with Crippen molar-refractivity contribution in [3.63, 3.8) is 0 Å². The second-order valence-electron chi connectivity index (χ2n) is 9.18. The molecule has 3 N–H and O–H groups in total. The van der Waals surface area contributed by atoms with Crippen LogP contribution in [-0.2, 0) is 17.7 Å². The Hall–Kier alpha value is -3.38. The number of halogens is 2. The molecule has 1 aromatic heterocycles. The van der Waals surface area contributed by atoms with Crippen LogP contribution in [0.1, 0.15) is 23.1 Å². The van der Waals surface area contributed by atoms with Gasteiger partial charge in [-0.15, -0.1) is 0 Å². The summed E-state index contributed by atoms with van der Waals surface area (Å²) in [5.74, 6) is -0.738. The molecule has 9 nitrogen and oxygen atoms in total. The number of aromatic nitrogens is 1. The van der Waals surface area contributed by atoms with Crippen molar-refractivity contribution in [1.82, 2.24) is 20.5 Å². The van der Waals surface area contributed by atoms with Crippen molar-refractivity contribution in [2.24, 2.45) is 15.0 Å². The molecule has 3 rings (SSSR count). The van der Waals surface area contributed by atoms with Crippen LogP contribution >= 0.6 is 0 Å². The molecule has 0 spiro atoms. The highest BCUT2D eigenvalue weighted by Crippen LogP contribution is 2.28. The minimum atomic E-state index is -0.733. The molecule has 1 fully saturated rings. The van der Waals surface area contributed by atoms with Crippen LogP contribution < -0.4 is 16.0 Å². The van der Waals surface area contributed by atoms with E-state index in [4.69, 9.17) is 4.74 Å². The fourth-order valence-corrected chi connectivity index (χ4v) is 4.40. The third-order valence-electron chi connectivity index (χ3n) is 6.48. The number of allylic oxidation sites excluding steroid dienone is 1. The maximum absolute atomic E-state index is 15.0. The third kappa shape index (κ3) is 9.10. The monoisotopic (exact) mass is 540 g/mol. The molecule has 0 radical (unpaired) electrons. The Morgan fingerprint density at radius 1 is 1.28 bits per heavy atom. The van der Waals surface area contributed by atoms with Crippen LogP contribution in [0, 0.1) is 5.82 Å². The molecule has 39 heavy (non-hydrogen) atoms. The van der Waals surface area contributed by atoms with Crippen LogP contribution in [0.3, 0.4) is 0 Å². The predicted octanol–water partition coefficient (Wildman–Crippen LogP) is 3.50. The van der Waals surface area contributed by atoms with Gasteiger partial charge in [0.2, 0.25) is 0 Å². The molecule has 210 valence electrons. The minimum Gasteiger partial charge on any atom is -0.383 e. The Labute approximate surface area is 229 Å². The van der Waals surface area contributed by atoms with E-state index in [9.17, 15) is 0 Å². The third-order valence-corrected chi connectivity index (χ3v) is 6.48. The molecule has 0 saturated carbocycles. The summed E-state index contributed by atoms with van der Waals surface area (Å²) in [6, 6.07) is 6.83. The van der Waals surface area contributed by atoms with Crippen LogP contribution in [0.25, 0.3) is 0 Å². The fraction of sp³-hybridized carbons (Fsp3) is 0.429. The molecular formula is C28H38F2N8O. The van der Waals surface area contributed by atoms with Gasteiger partial charge in [0.25, 0.3) is 0 Å². The molecule has 0 amide bonds. The van der Waals surface area contributed by atoms with Crippen LogP contribution in [-0.4, -0.2) is 88.7 Å². The lowest BCUT2D eigenvalue weighted by Crippen LogP contribution is -2.42. The Balaban J connectivity index is 1.77. The van der Waals surface area contributed by atoms with E-state index in [0.717, 1.165) is 44.5 Å². The summed E-state index contributed by atoms with van der Waals surface area (Å²) in [6.07, 6.45) is 3.91. The molecule has 11 heteroatoms. The van der Waals surface area contributed by atoms with Crippen molar-refractivity contribution in [1.29, 1.82) is 0 Å². The first-order valence-electron chi connectivity index (χ1n) is 12.9. The highest BCUT2D eigenvalue weighted by molar-refractivity contribution is 6.11. The van der Waals surface area contributed by atoms with E-state index in [0.29, 0.717) is 30.8 Å². The number of benzene rings is 1. The van der Waals surface area contributed by atoms with Gasteiger partial charge in [-0.1, -0.05) is 6.07 Å². The Morgan fingerprint density at radius 2 is 2.08 bits per heavy atom. The fourth-order valence-electron chi connectivity index (χ4n) is 4.40. The van der Waals surface area contributed by atoms with E-state index in [-0.39, 0.29) is 29.7 Å². The topological polar surface area (TPSA) is 98.5 Å². The number of methoxy groups -OCH3 is 1. The molecule has 1 saturated heterocycles. The van der Waals surface area contributed by atoms with E-state index >= 15 is 8.78 Å². The lowest BCUT2D eigenvalue weighted by molar-refractivity contribution is 0.166. The van der Waals surface area contributed by atoms with Gasteiger partial charge in [-0.3, -0.25) is 19.9 Å². The zero-order chi connectivity index (χ0) is 28.0. The number of pyridine rings is 1. The summed E-state index contributed by atoms with van der Waals surface area (Å²) in [5.41, 5.74) is 2.06. The maximum Gasteiger partial charge on any atom is 0.167 e. The van der Waals surface area contributed by atoms with Gasteiger partial charge in [-0.05, 0) is 62.7 Å². The second kappa shape index (κ2) is 15.9. The number of nitrogens with zero attached hydrogens (tertiary/aromatic N) is 5. The van der Waals surface area contributed by atoms with Gasteiger partial charge in [-0.25, -0.2) is 13.8 Å². The Kier molecular flexibility index (Phi) is 12.3. The first-order valence-corrected chi connectivity index (χ1v) is 12.9. The number of nitrogens with one attached hydrogen (secondary N) is 3. The Bertz CT molecular complexity index is 1150. The molecule has 1 unspecified atom stereocenters. The van der Waals surface area contributed by atoms with Crippen molar-refractivity contribution >= 4 is 30.7 Å². The van der Waals surface area contributed by atoms with Gasteiger partial charge < -0.3 is 20.7 Å². The molecule has 1 atom stereocenters. The maximum atomic E-state index is 15.0. The van der Waals surface area contributed by atoms with Gasteiger partial charge in [0.15, 0.2) is 5.83 Å². The van der Waals surface area contributed by atoms with Crippen molar-refractivity contribution in [2.75, 3.05) is 58.9 Å². The molecule has 0 bridgehead atoms. The summed E-state index contributed by atoms with van der Waals surface area (Å²) in [7, 11) is 3.46. The molecular weight excluding hydrogens is 502 g/mol. The van der Waals surface area contributed by atoms with Crippen molar-refractivity contribution in [3.05, 3.63) is 65.0 Å². The highest BCUT2D eigenvalue weighted by atomic mass is 19.1. The van der Waals surface area contributed by atoms with Crippen LogP contribution in [0.4, 0.5) is 20.3 Å². The highest BCUT2D eigenvalue weighted by Gasteiger charge is 2.18. The lowest BCUT2D eigenvalue weighted by Gasteiger charge is -2.27. The van der Waals surface area contributed by atoms with E-state index in [1.807, 2.05) is 25.4 Å². The van der Waals surface area contributed by atoms with Crippen LogP contribution in [0.15, 0.2) is 57.5 Å². The average molecular weight is 541 g/mol. The summed E-state index contributed by atoms with van der Waals surface area (Å²) >= 11 is 0. The average Bonchev–Trinajstić information content (AvgIpc) is 2.94. The summed E-state index contributed by atoms with van der Waals surface area (Å²) in [5, 5.41) is 9.59. The predicted molar refractivity (Wildman–Crippen MR) is 155 cm³/mol. The van der Waals surface area contributed by atoms with Crippen LogP contribution in [0.2, 0.25) is 0 Å². The first kappa shape index (κ1) is 30.2. The number of anilines is 1. The van der Waals surface area contributed by atoms with E-state index in [1.54, 1.807) is 13.2 Å². The van der Waals surface area contributed by atoms with E-state index in [1.165, 1.54) is 6.07 Å². The standard InChI is InChI=1S/C28H38F2N8O/c1-31-16-25(30)28(22-13-21(27(33-3)24(29)14-22)6-7-23(32-2)18-39-4)37-19-36-26-8-5-20(15-35-26)17-38-11-9-34-10-12-38/h5,8,13-16,23,32,34H,1,3,6-7,9-12,17-19H2,2,4H3,(H,35,36)/b25-16+,37-28?. The number of aryl methyl sites for hydroxylation is 1. The van der Waals surface area contributed by atoms with Crippen molar-refractivity contribution < 1.29 is 13.5 Å². The zero-order valence-corrected chi connectivity index (χ0v) is 22.7. The SMILES string of the molecule is C=N/C=C(/F)C(=NCNc1ccc(CN2CCNCC2)cn1)c1cc(F)c(N=C)c(CCC(COC)NC)c1. The molecule has 2 heterocycles. The second-order valence-corrected chi connectivity index (χ2v) is 9.18. The normalized spacial score (nSPS) is 15.7. The summed E-state index contributed by atoms with van der Waals surface area (Å²) in [6.45, 7) is 12.2. The zero-order valence-electron chi connectivity index (χ0n) is 22.7. The molecule has 1 aromatic carbocycles. The number of piperazine rings is 1. The van der Waals surface area contributed by atoms with Gasteiger partial charge in [0.1, 0.15) is 29.7 Å². The Morgan fingerprint density at radius 3 is 2.72 bits per heavy atom. The number of rotatable bonds is 15. The van der Waals surface area contributed by atoms with E-state index in [2.05, 4.69) is 54.2 Å².